The van der Waals surface area contributed by atoms with Crippen LogP contribution in [-0.2, 0) is 9.53 Å². The van der Waals surface area contributed by atoms with E-state index in [1.165, 1.54) is 22.3 Å². The highest BCUT2D eigenvalue weighted by Gasteiger charge is 2.37. The number of allylic oxidation sites excluding steroid dienone is 2. The fourth-order valence-corrected chi connectivity index (χ4v) is 2.30. The number of hydrogen-bond donors (Lipinski definition) is 1. The molecular formula is C14H23NO2. The van der Waals surface area contributed by atoms with Gasteiger partial charge in [-0.3, -0.25) is 4.79 Å². The Morgan fingerprint density at radius 3 is 2.06 bits per heavy atom. The molecule has 1 rings (SSSR count). The molecule has 2 N–H and O–H groups in total. The zero-order chi connectivity index (χ0) is 13.2. The lowest BCUT2D eigenvalue weighted by Crippen LogP contribution is -2.27. The Kier molecular flexibility index (Phi) is 4.15. The Morgan fingerprint density at radius 2 is 1.65 bits per heavy atom. The highest BCUT2D eigenvalue weighted by Crippen LogP contribution is 2.46. The van der Waals surface area contributed by atoms with Crippen molar-refractivity contribution in [2.24, 2.45) is 11.1 Å². The molecule has 3 heteroatoms. The Bertz CT molecular complexity index is 367. The van der Waals surface area contributed by atoms with E-state index in [2.05, 4.69) is 34.6 Å². The zero-order valence-electron chi connectivity index (χ0n) is 11.5. The van der Waals surface area contributed by atoms with E-state index in [0.29, 0.717) is 19.6 Å². The van der Waals surface area contributed by atoms with Gasteiger partial charge in [0.1, 0.15) is 6.61 Å². The number of nitrogens with two attached hydrogens (primary N) is 1. The molecule has 0 unspecified atom stereocenters. The van der Waals surface area contributed by atoms with Crippen molar-refractivity contribution < 1.29 is 9.53 Å². The molecule has 0 amide bonds. The van der Waals surface area contributed by atoms with Gasteiger partial charge in [-0.15, -0.1) is 0 Å². The lowest BCUT2D eigenvalue weighted by Gasteiger charge is -2.28. The normalized spacial score (nSPS) is 18.9. The van der Waals surface area contributed by atoms with Gasteiger partial charge >= 0.3 is 5.97 Å². The summed E-state index contributed by atoms with van der Waals surface area (Å²) in [5.41, 5.74) is 10.4. The van der Waals surface area contributed by atoms with Crippen molar-refractivity contribution in [2.75, 3.05) is 13.2 Å². The van der Waals surface area contributed by atoms with Gasteiger partial charge in [0.05, 0.1) is 6.42 Å². The molecule has 17 heavy (non-hydrogen) atoms. The zero-order valence-corrected chi connectivity index (χ0v) is 11.5. The number of esters is 1. The van der Waals surface area contributed by atoms with E-state index in [0.717, 1.165) is 0 Å². The number of rotatable bonds is 4. The highest BCUT2D eigenvalue weighted by atomic mass is 16.5. The highest BCUT2D eigenvalue weighted by molar-refractivity contribution is 5.69. The van der Waals surface area contributed by atoms with Gasteiger partial charge in [0.2, 0.25) is 0 Å². The Hall–Kier alpha value is -1.09. The molecule has 0 bridgehead atoms. The molecule has 0 saturated heterocycles. The molecule has 1 aliphatic rings. The third kappa shape index (κ3) is 2.44. The van der Waals surface area contributed by atoms with E-state index in [-0.39, 0.29) is 11.4 Å². The van der Waals surface area contributed by atoms with Gasteiger partial charge < -0.3 is 10.5 Å². The van der Waals surface area contributed by atoms with E-state index in [4.69, 9.17) is 10.5 Å². The van der Waals surface area contributed by atoms with Gasteiger partial charge in [-0.25, -0.2) is 0 Å². The molecule has 0 radical (unpaired) electrons. The van der Waals surface area contributed by atoms with Crippen LogP contribution >= 0.6 is 0 Å². The SMILES string of the molecule is CC1=C(C)C(C)(COC(=O)CCN)C(C)=C1C. The number of hydrogen-bond acceptors (Lipinski definition) is 3. The van der Waals surface area contributed by atoms with Crippen molar-refractivity contribution in [1.29, 1.82) is 0 Å². The maximum absolute atomic E-state index is 11.4. The fraction of sp³-hybridized carbons (Fsp3) is 0.643. The predicted octanol–water partition coefficient (Wildman–Crippen LogP) is 2.57. The summed E-state index contributed by atoms with van der Waals surface area (Å²) in [7, 11) is 0. The minimum Gasteiger partial charge on any atom is -0.464 e. The van der Waals surface area contributed by atoms with E-state index in [9.17, 15) is 4.79 Å². The molecule has 0 aliphatic heterocycles. The first-order chi connectivity index (χ1) is 7.84. The molecule has 0 saturated carbocycles. The van der Waals surface area contributed by atoms with Gasteiger partial charge in [0, 0.05) is 12.0 Å². The summed E-state index contributed by atoms with van der Waals surface area (Å²) in [6, 6.07) is 0. The lowest BCUT2D eigenvalue weighted by molar-refractivity contribution is -0.145. The van der Waals surface area contributed by atoms with Crippen LogP contribution in [0.2, 0.25) is 0 Å². The summed E-state index contributed by atoms with van der Waals surface area (Å²) >= 11 is 0. The van der Waals surface area contributed by atoms with Crippen LogP contribution in [0, 0.1) is 5.41 Å². The van der Waals surface area contributed by atoms with Gasteiger partial charge in [-0.1, -0.05) is 11.1 Å². The first kappa shape index (κ1) is 14.0. The average molecular weight is 237 g/mol. The molecule has 96 valence electrons. The first-order valence-electron chi connectivity index (χ1n) is 6.06. The quantitative estimate of drug-likeness (QED) is 0.765. The molecule has 0 aromatic carbocycles. The second-order valence-electron chi connectivity index (χ2n) is 5.03. The number of carbonyl (C=O) groups excluding carboxylic acids is 1. The minimum absolute atomic E-state index is 0.140. The number of carbonyl (C=O) groups is 1. The van der Waals surface area contributed by atoms with Crippen LogP contribution in [0.3, 0.4) is 0 Å². The summed E-state index contributed by atoms with van der Waals surface area (Å²) < 4.78 is 5.32. The molecule has 0 fully saturated rings. The van der Waals surface area contributed by atoms with Crippen LogP contribution in [-0.4, -0.2) is 19.1 Å². The predicted molar refractivity (Wildman–Crippen MR) is 69.5 cm³/mol. The smallest absolute Gasteiger partial charge is 0.307 e. The molecule has 3 nitrogen and oxygen atoms in total. The average Bonchev–Trinajstić information content (AvgIpc) is 2.44. The fourth-order valence-electron chi connectivity index (χ4n) is 2.30. The summed E-state index contributed by atoms with van der Waals surface area (Å²) in [5, 5.41) is 0. The monoisotopic (exact) mass is 237 g/mol. The van der Waals surface area contributed by atoms with Gasteiger partial charge in [-0.2, -0.15) is 0 Å². The maximum atomic E-state index is 11.4. The second-order valence-corrected chi connectivity index (χ2v) is 5.03. The number of ether oxygens (including phenoxy) is 1. The van der Waals surface area contributed by atoms with Crippen LogP contribution in [0.15, 0.2) is 22.3 Å². The summed E-state index contributed by atoms with van der Waals surface area (Å²) in [6.07, 6.45) is 0.291. The van der Waals surface area contributed by atoms with Gasteiger partial charge in [0.15, 0.2) is 0 Å². The summed E-state index contributed by atoms with van der Waals surface area (Å²) in [5.74, 6) is -0.212. The second kappa shape index (κ2) is 5.05. The van der Waals surface area contributed by atoms with Crippen LogP contribution in [0.1, 0.15) is 41.0 Å². The summed E-state index contributed by atoms with van der Waals surface area (Å²) in [4.78, 5) is 11.4. The van der Waals surface area contributed by atoms with Crippen LogP contribution in [0.25, 0.3) is 0 Å². The van der Waals surface area contributed by atoms with Crippen molar-refractivity contribution in [2.45, 2.75) is 41.0 Å². The van der Waals surface area contributed by atoms with E-state index in [1.54, 1.807) is 0 Å². The Labute approximate surface area is 104 Å². The topological polar surface area (TPSA) is 52.3 Å². The Morgan fingerprint density at radius 1 is 1.18 bits per heavy atom. The van der Waals surface area contributed by atoms with Gasteiger partial charge in [0.25, 0.3) is 0 Å². The van der Waals surface area contributed by atoms with Crippen molar-refractivity contribution in [3.8, 4) is 0 Å². The third-order valence-corrected chi connectivity index (χ3v) is 4.21. The van der Waals surface area contributed by atoms with E-state index < -0.39 is 0 Å². The third-order valence-electron chi connectivity index (χ3n) is 4.21. The van der Waals surface area contributed by atoms with Crippen LogP contribution < -0.4 is 5.73 Å². The van der Waals surface area contributed by atoms with Gasteiger partial charge in [-0.05, 0) is 45.8 Å². The van der Waals surface area contributed by atoms with E-state index in [1.807, 2.05) is 0 Å². The van der Waals surface area contributed by atoms with Crippen molar-refractivity contribution >= 4 is 5.97 Å². The largest absolute Gasteiger partial charge is 0.464 e. The molecule has 1 aliphatic carbocycles. The van der Waals surface area contributed by atoms with E-state index >= 15 is 0 Å². The van der Waals surface area contributed by atoms with Crippen molar-refractivity contribution in [3.05, 3.63) is 22.3 Å². The molecular weight excluding hydrogens is 214 g/mol. The standard InChI is InChI=1S/C14H23NO2/c1-9-10(2)12(4)14(5,11(9)3)8-17-13(16)6-7-15/h6-8,15H2,1-5H3. The van der Waals surface area contributed by atoms with Crippen molar-refractivity contribution in [1.82, 2.24) is 0 Å². The van der Waals surface area contributed by atoms with Crippen molar-refractivity contribution in [3.63, 3.8) is 0 Å². The summed E-state index contributed by atoms with van der Waals surface area (Å²) in [6.45, 7) is 11.4. The maximum Gasteiger partial charge on any atom is 0.307 e. The molecule has 0 aromatic rings. The molecule has 0 heterocycles. The Balaban J connectivity index is 2.80. The lowest BCUT2D eigenvalue weighted by atomic mass is 9.80. The van der Waals surface area contributed by atoms with Crippen LogP contribution in [0.5, 0.6) is 0 Å². The minimum atomic E-state index is -0.212. The van der Waals surface area contributed by atoms with Crippen LogP contribution in [0.4, 0.5) is 0 Å². The molecule has 0 spiro atoms. The molecule has 0 aromatic heterocycles. The molecule has 0 atom stereocenters. The first-order valence-corrected chi connectivity index (χ1v) is 6.06.